The van der Waals surface area contributed by atoms with Crippen LogP contribution in [0.25, 0.3) is 0 Å². The lowest BCUT2D eigenvalue weighted by Crippen LogP contribution is -2.42. The first-order valence-corrected chi connectivity index (χ1v) is 11.7. The lowest BCUT2D eigenvalue weighted by Gasteiger charge is -2.29. The van der Waals surface area contributed by atoms with Crippen LogP contribution >= 0.6 is 0 Å². The highest BCUT2D eigenvalue weighted by Crippen LogP contribution is 2.13. The zero-order valence-corrected chi connectivity index (χ0v) is 18.6. The number of hydrogen-bond acceptors (Lipinski definition) is 7. The maximum absolute atomic E-state index is 13.1. The van der Waals surface area contributed by atoms with Crippen LogP contribution in [0.5, 0.6) is 0 Å². The summed E-state index contributed by atoms with van der Waals surface area (Å²) in [5.41, 5.74) is 0.951. The third kappa shape index (κ3) is 6.79. The zero-order valence-electron chi connectivity index (χ0n) is 17.8. The van der Waals surface area contributed by atoms with Gasteiger partial charge in [-0.2, -0.15) is 4.31 Å². The van der Waals surface area contributed by atoms with Crippen LogP contribution in [-0.2, 0) is 26.1 Å². The van der Waals surface area contributed by atoms with Gasteiger partial charge in [-0.1, -0.05) is 0 Å². The molecule has 0 radical (unpaired) electrons. The summed E-state index contributed by atoms with van der Waals surface area (Å²) in [6, 6.07) is 6.75. The van der Waals surface area contributed by atoms with Crippen LogP contribution in [0.4, 0.5) is 0 Å². The van der Waals surface area contributed by atoms with Crippen LogP contribution in [0.2, 0.25) is 0 Å². The van der Waals surface area contributed by atoms with E-state index < -0.39 is 10.0 Å². The van der Waals surface area contributed by atoms with Crippen molar-refractivity contribution in [1.82, 2.24) is 24.1 Å². The maximum Gasteiger partial charge on any atom is 0.244 e. The number of carbonyl (C=O) groups is 1. The maximum atomic E-state index is 13.1. The molecule has 3 rings (SSSR count). The molecule has 3 heterocycles. The molecule has 1 amide bonds. The van der Waals surface area contributed by atoms with E-state index in [0.717, 1.165) is 49.1 Å². The molecule has 1 saturated heterocycles. The van der Waals surface area contributed by atoms with Crippen molar-refractivity contribution in [3.8, 4) is 0 Å². The van der Waals surface area contributed by atoms with Crippen molar-refractivity contribution in [3.05, 3.63) is 54.6 Å². The standard InChI is InChI=1S/C21H29N5O4S/c1-24(31(28,29)20-4-2-7-23-16-20)18-21(27)26(17-19-5-8-22-9-6-19)11-3-10-25-12-14-30-15-13-25/h2,4-9,16H,3,10-15,17-18H2,1H3. The van der Waals surface area contributed by atoms with Crippen molar-refractivity contribution in [3.63, 3.8) is 0 Å². The highest BCUT2D eigenvalue weighted by atomic mass is 32.2. The van der Waals surface area contributed by atoms with Crippen LogP contribution in [0.3, 0.4) is 0 Å². The van der Waals surface area contributed by atoms with Gasteiger partial charge in [0.25, 0.3) is 0 Å². The van der Waals surface area contributed by atoms with Crippen LogP contribution < -0.4 is 0 Å². The van der Waals surface area contributed by atoms with Crippen molar-refractivity contribution in [2.24, 2.45) is 0 Å². The van der Waals surface area contributed by atoms with Crippen LogP contribution in [0.1, 0.15) is 12.0 Å². The number of carbonyl (C=O) groups excluding carboxylic acids is 1. The molecule has 9 nitrogen and oxygen atoms in total. The summed E-state index contributed by atoms with van der Waals surface area (Å²) in [4.78, 5) is 25.1. The van der Waals surface area contributed by atoms with E-state index >= 15 is 0 Å². The average Bonchev–Trinajstić information content (AvgIpc) is 2.80. The van der Waals surface area contributed by atoms with Gasteiger partial charge in [0.2, 0.25) is 15.9 Å². The second-order valence-corrected chi connectivity index (χ2v) is 9.47. The fourth-order valence-electron chi connectivity index (χ4n) is 3.37. The molecule has 0 N–H and O–H groups in total. The summed E-state index contributed by atoms with van der Waals surface area (Å²) in [5, 5.41) is 0. The molecule has 0 aliphatic carbocycles. The number of pyridine rings is 2. The Bertz CT molecular complexity index is 921. The largest absolute Gasteiger partial charge is 0.379 e. The van der Waals surface area contributed by atoms with Crippen LogP contribution in [-0.4, -0.2) is 91.4 Å². The van der Waals surface area contributed by atoms with Gasteiger partial charge < -0.3 is 9.64 Å². The van der Waals surface area contributed by atoms with E-state index in [2.05, 4.69) is 14.9 Å². The molecule has 0 unspecified atom stereocenters. The Morgan fingerprint density at radius 1 is 1.13 bits per heavy atom. The zero-order chi connectivity index (χ0) is 22.1. The number of likely N-dealkylation sites (N-methyl/N-ethyl adjacent to an activating group) is 1. The van der Waals surface area contributed by atoms with Crippen LogP contribution in [0, 0.1) is 0 Å². The normalized spacial score (nSPS) is 15.2. The summed E-state index contributed by atoms with van der Waals surface area (Å²) < 4.78 is 32.0. The van der Waals surface area contributed by atoms with Gasteiger partial charge in [-0.25, -0.2) is 8.42 Å². The number of nitrogens with zero attached hydrogens (tertiary/aromatic N) is 5. The van der Waals surface area contributed by atoms with Crippen molar-refractivity contribution in [2.45, 2.75) is 17.9 Å². The number of hydrogen-bond donors (Lipinski definition) is 0. The van der Waals surface area contributed by atoms with Gasteiger partial charge >= 0.3 is 0 Å². The van der Waals surface area contributed by atoms with Crippen LogP contribution in [0.15, 0.2) is 53.9 Å². The second-order valence-electron chi connectivity index (χ2n) is 7.43. The van der Waals surface area contributed by atoms with E-state index in [-0.39, 0.29) is 17.3 Å². The molecule has 10 heteroatoms. The first-order chi connectivity index (χ1) is 15.0. The van der Waals surface area contributed by atoms with Gasteiger partial charge in [-0.3, -0.25) is 19.7 Å². The monoisotopic (exact) mass is 447 g/mol. The van der Waals surface area contributed by atoms with Gasteiger partial charge in [0, 0.05) is 64.6 Å². The topological polar surface area (TPSA) is 95.9 Å². The van der Waals surface area contributed by atoms with Gasteiger partial charge in [0.15, 0.2) is 0 Å². The molecule has 1 fully saturated rings. The molecule has 2 aromatic rings. The lowest BCUT2D eigenvalue weighted by molar-refractivity contribution is -0.132. The van der Waals surface area contributed by atoms with E-state index in [1.54, 1.807) is 23.4 Å². The molecule has 0 bridgehead atoms. The Kier molecular flexibility index (Phi) is 8.47. The molecule has 2 aromatic heterocycles. The van der Waals surface area contributed by atoms with Crippen molar-refractivity contribution < 1.29 is 17.9 Å². The highest BCUT2D eigenvalue weighted by Gasteiger charge is 2.25. The minimum Gasteiger partial charge on any atom is -0.379 e. The molecule has 1 aliphatic rings. The predicted molar refractivity (Wildman–Crippen MR) is 116 cm³/mol. The Labute approximate surface area is 183 Å². The third-order valence-corrected chi connectivity index (χ3v) is 6.97. The van der Waals surface area contributed by atoms with Crippen molar-refractivity contribution >= 4 is 15.9 Å². The van der Waals surface area contributed by atoms with Gasteiger partial charge in [-0.15, -0.1) is 0 Å². The number of rotatable bonds is 10. The van der Waals surface area contributed by atoms with E-state index in [1.807, 2.05) is 12.1 Å². The average molecular weight is 448 g/mol. The minimum absolute atomic E-state index is 0.0679. The Balaban J connectivity index is 1.64. The molecule has 0 atom stereocenters. The minimum atomic E-state index is -3.79. The van der Waals surface area contributed by atoms with Crippen molar-refractivity contribution in [1.29, 1.82) is 0 Å². The molecule has 168 valence electrons. The number of sulfonamides is 1. The first-order valence-electron chi connectivity index (χ1n) is 10.3. The predicted octanol–water partition coefficient (Wildman–Crippen LogP) is 0.848. The molecular formula is C21H29N5O4S. The number of amides is 1. The fraction of sp³-hybridized carbons (Fsp3) is 0.476. The Hall–Kier alpha value is -2.40. The smallest absolute Gasteiger partial charge is 0.244 e. The summed E-state index contributed by atoms with van der Waals surface area (Å²) >= 11 is 0. The number of morpholine rings is 1. The summed E-state index contributed by atoms with van der Waals surface area (Å²) in [6.45, 7) is 4.83. The molecule has 1 aliphatic heterocycles. The molecule has 0 saturated carbocycles. The van der Waals surface area contributed by atoms with E-state index in [4.69, 9.17) is 4.74 Å². The number of aromatic nitrogens is 2. The summed E-state index contributed by atoms with van der Waals surface area (Å²) in [7, 11) is -2.37. The van der Waals surface area contributed by atoms with Gasteiger partial charge in [-0.05, 0) is 36.2 Å². The van der Waals surface area contributed by atoms with Gasteiger partial charge in [0.05, 0.1) is 19.8 Å². The third-order valence-electron chi connectivity index (χ3n) is 5.18. The molecule has 31 heavy (non-hydrogen) atoms. The Morgan fingerprint density at radius 2 is 1.87 bits per heavy atom. The molecular weight excluding hydrogens is 418 g/mol. The highest BCUT2D eigenvalue weighted by molar-refractivity contribution is 7.89. The first kappa shape index (κ1) is 23.3. The number of ether oxygens (including phenoxy) is 1. The fourth-order valence-corrected chi connectivity index (χ4v) is 4.45. The van der Waals surface area contributed by atoms with Crippen molar-refractivity contribution in [2.75, 3.05) is 53.0 Å². The summed E-state index contributed by atoms with van der Waals surface area (Å²) in [6.07, 6.45) is 6.97. The lowest BCUT2D eigenvalue weighted by atomic mass is 10.2. The molecule has 0 spiro atoms. The van der Waals surface area contributed by atoms with Gasteiger partial charge in [0.1, 0.15) is 4.90 Å². The summed E-state index contributed by atoms with van der Waals surface area (Å²) in [5.74, 6) is -0.242. The quantitative estimate of drug-likeness (QED) is 0.533. The Morgan fingerprint density at radius 3 is 2.55 bits per heavy atom. The second kappa shape index (κ2) is 11.3. The van der Waals surface area contributed by atoms with E-state index in [0.29, 0.717) is 13.1 Å². The van der Waals surface area contributed by atoms with E-state index in [9.17, 15) is 13.2 Å². The van der Waals surface area contributed by atoms with E-state index in [1.165, 1.54) is 25.5 Å². The molecule has 0 aromatic carbocycles. The SMILES string of the molecule is CN(CC(=O)N(CCCN1CCOCC1)Cc1ccncc1)S(=O)(=O)c1cccnc1.